The molecule has 0 bridgehead atoms. The lowest BCUT2D eigenvalue weighted by Crippen LogP contribution is -2.26. The average molecular weight is 477 g/mol. The Kier molecular flexibility index (Phi) is 5.70. The van der Waals surface area contributed by atoms with Crippen molar-refractivity contribution in [2.24, 2.45) is 0 Å². The molecule has 3 heterocycles. The Bertz CT molecular complexity index is 1620. The fourth-order valence-electron chi connectivity index (χ4n) is 4.53. The molecule has 34 heavy (non-hydrogen) atoms. The van der Waals surface area contributed by atoms with E-state index in [9.17, 15) is 9.59 Å². The minimum absolute atomic E-state index is 0.103. The first kappa shape index (κ1) is 22.3. The van der Waals surface area contributed by atoms with Crippen molar-refractivity contribution in [1.29, 1.82) is 0 Å². The van der Waals surface area contributed by atoms with E-state index in [0.29, 0.717) is 41.1 Å². The number of hydrogen-bond acceptors (Lipinski definition) is 4. The van der Waals surface area contributed by atoms with Gasteiger partial charge < -0.3 is 19.1 Å². The lowest BCUT2D eigenvalue weighted by molar-refractivity contribution is -0.121. The van der Waals surface area contributed by atoms with E-state index in [1.807, 2.05) is 51.2 Å². The van der Waals surface area contributed by atoms with Crippen molar-refractivity contribution in [1.82, 2.24) is 10.3 Å². The van der Waals surface area contributed by atoms with Crippen molar-refractivity contribution in [2.45, 2.75) is 40.0 Å². The van der Waals surface area contributed by atoms with Gasteiger partial charge in [0, 0.05) is 57.5 Å². The van der Waals surface area contributed by atoms with Crippen molar-refractivity contribution < 1.29 is 13.6 Å². The number of furan rings is 1. The average Bonchev–Trinajstić information content (AvgIpc) is 3.32. The van der Waals surface area contributed by atoms with E-state index in [4.69, 9.17) is 20.4 Å². The molecule has 6 nitrogen and oxygen atoms in total. The summed E-state index contributed by atoms with van der Waals surface area (Å²) in [6.45, 7) is 6.34. The third-order valence-electron chi connectivity index (χ3n) is 6.63. The third kappa shape index (κ3) is 3.99. The molecule has 0 saturated carbocycles. The first-order valence-corrected chi connectivity index (χ1v) is 11.7. The van der Waals surface area contributed by atoms with Crippen LogP contribution in [0.15, 0.2) is 50.2 Å². The Hall–Kier alpha value is -3.51. The number of aromatic nitrogens is 1. The van der Waals surface area contributed by atoms with E-state index in [1.54, 1.807) is 6.07 Å². The predicted molar refractivity (Wildman–Crippen MR) is 135 cm³/mol. The van der Waals surface area contributed by atoms with E-state index in [2.05, 4.69) is 10.3 Å². The van der Waals surface area contributed by atoms with Crippen LogP contribution in [0.25, 0.3) is 32.8 Å². The topological polar surface area (TPSA) is 88.2 Å². The van der Waals surface area contributed by atoms with Gasteiger partial charge in [0.15, 0.2) is 0 Å². The molecule has 1 amide bonds. The number of halogens is 1. The largest absolute Gasteiger partial charge is 0.461 e. The number of fused-ring (bicyclic) bond motifs is 3. The lowest BCUT2D eigenvalue weighted by atomic mass is 10.0. The molecule has 2 aromatic carbocycles. The maximum atomic E-state index is 12.7. The van der Waals surface area contributed by atoms with Crippen LogP contribution >= 0.6 is 11.6 Å². The van der Waals surface area contributed by atoms with Crippen LogP contribution in [-0.4, -0.2) is 17.4 Å². The monoisotopic (exact) mass is 476 g/mol. The van der Waals surface area contributed by atoms with E-state index < -0.39 is 5.63 Å². The van der Waals surface area contributed by atoms with Gasteiger partial charge in [-0.1, -0.05) is 11.6 Å². The molecule has 0 unspecified atom stereocenters. The third-order valence-corrected chi connectivity index (χ3v) is 6.87. The molecular formula is C27H25ClN2O4. The van der Waals surface area contributed by atoms with Crippen molar-refractivity contribution in [2.75, 3.05) is 6.54 Å². The van der Waals surface area contributed by atoms with Crippen LogP contribution in [0.2, 0.25) is 5.02 Å². The van der Waals surface area contributed by atoms with Crippen LogP contribution in [0.4, 0.5) is 0 Å². The predicted octanol–water partition coefficient (Wildman–Crippen LogP) is 5.89. The molecule has 5 rings (SSSR count). The van der Waals surface area contributed by atoms with Crippen LogP contribution in [0.1, 0.15) is 34.4 Å². The number of H-pyrrole nitrogens is 1. The van der Waals surface area contributed by atoms with Crippen LogP contribution < -0.4 is 10.9 Å². The van der Waals surface area contributed by atoms with E-state index >= 15 is 0 Å². The van der Waals surface area contributed by atoms with Crippen molar-refractivity contribution in [3.63, 3.8) is 0 Å². The molecule has 0 aliphatic heterocycles. The zero-order valence-corrected chi connectivity index (χ0v) is 20.1. The van der Waals surface area contributed by atoms with Gasteiger partial charge in [0.1, 0.15) is 16.9 Å². The van der Waals surface area contributed by atoms with E-state index in [-0.39, 0.29) is 12.3 Å². The summed E-state index contributed by atoms with van der Waals surface area (Å²) >= 11 is 6.11. The van der Waals surface area contributed by atoms with E-state index in [1.165, 1.54) is 0 Å². The molecule has 7 heteroatoms. The van der Waals surface area contributed by atoms with Gasteiger partial charge in [-0.3, -0.25) is 4.79 Å². The molecule has 0 atom stereocenters. The van der Waals surface area contributed by atoms with Crippen LogP contribution in [0, 0.1) is 20.8 Å². The van der Waals surface area contributed by atoms with Gasteiger partial charge in [-0.25, -0.2) is 4.79 Å². The van der Waals surface area contributed by atoms with Gasteiger partial charge in [-0.2, -0.15) is 0 Å². The van der Waals surface area contributed by atoms with Gasteiger partial charge in [-0.15, -0.1) is 0 Å². The smallest absolute Gasteiger partial charge is 0.339 e. The zero-order chi connectivity index (χ0) is 24.0. The van der Waals surface area contributed by atoms with Gasteiger partial charge >= 0.3 is 5.63 Å². The fraction of sp³-hybridized carbons (Fsp3) is 0.259. The second kappa shape index (κ2) is 8.69. The highest BCUT2D eigenvalue weighted by Gasteiger charge is 2.16. The van der Waals surface area contributed by atoms with Gasteiger partial charge in [-0.05, 0) is 74.6 Å². The van der Waals surface area contributed by atoms with Crippen molar-refractivity contribution >= 4 is 50.3 Å². The number of hydrogen-bond donors (Lipinski definition) is 2. The summed E-state index contributed by atoms with van der Waals surface area (Å²) in [6.07, 6.45) is 3.16. The summed E-state index contributed by atoms with van der Waals surface area (Å²) in [5.74, 6) is 0.742. The van der Waals surface area contributed by atoms with Gasteiger partial charge in [0.2, 0.25) is 5.91 Å². The standard InChI is InChI=1S/C27H25ClN2O4/c1-14-16(3)33-24-12-25-21(11-20(14)24)15(2)19(27(32)34-25)5-7-26(31)29-9-8-17-13-30-23-6-4-18(28)10-22(17)23/h4,6,10-13,30H,5,7-9H2,1-3H3,(H,29,31). The Labute approximate surface area is 200 Å². The number of nitrogens with one attached hydrogen (secondary N) is 2. The van der Waals surface area contributed by atoms with Crippen molar-refractivity contribution in [3.05, 3.63) is 80.0 Å². The quantitative estimate of drug-likeness (QED) is 0.299. The van der Waals surface area contributed by atoms with Crippen LogP contribution in [-0.2, 0) is 17.6 Å². The summed E-state index contributed by atoms with van der Waals surface area (Å²) in [7, 11) is 0. The molecule has 174 valence electrons. The molecule has 0 saturated heterocycles. The Morgan fingerprint density at radius 3 is 2.56 bits per heavy atom. The number of benzene rings is 2. The summed E-state index contributed by atoms with van der Waals surface area (Å²) in [5.41, 5.74) is 5.35. The summed E-state index contributed by atoms with van der Waals surface area (Å²) in [6, 6.07) is 9.49. The summed E-state index contributed by atoms with van der Waals surface area (Å²) in [5, 5.41) is 6.56. The molecule has 0 aliphatic carbocycles. The zero-order valence-electron chi connectivity index (χ0n) is 19.3. The summed E-state index contributed by atoms with van der Waals surface area (Å²) in [4.78, 5) is 28.4. The Balaban J connectivity index is 1.27. The Morgan fingerprint density at radius 1 is 0.971 bits per heavy atom. The van der Waals surface area contributed by atoms with Crippen LogP contribution in [0.5, 0.6) is 0 Å². The Morgan fingerprint density at radius 2 is 1.74 bits per heavy atom. The normalized spacial score (nSPS) is 11.6. The lowest BCUT2D eigenvalue weighted by Gasteiger charge is -2.09. The first-order valence-electron chi connectivity index (χ1n) is 11.3. The molecular weight excluding hydrogens is 452 g/mol. The molecule has 0 spiro atoms. The van der Waals surface area contributed by atoms with Gasteiger partial charge in [0.05, 0.1) is 0 Å². The SMILES string of the molecule is Cc1oc2cc3oc(=O)c(CCC(=O)NCCc4c[nH]c5ccc(Cl)cc45)c(C)c3cc2c1C. The van der Waals surface area contributed by atoms with Crippen molar-refractivity contribution in [3.8, 4) is 0 Å². The maximum absolute atomic E-state index is 12.7. The second-order valence-corrected chi connectivity index (χ2v) is 9.16. The number of carbonyl (C=O) groups excluding carboxylic acids is 1. The fourth-order valence-corrected chi connectivity index (χ4v) is 4.71. The first-order chi connectivity index (χ1) is 16.3. The number of rotatable bonds is 6. The highest BCUT2D eigenvalue weighted by molar-refractivity contribution is 6.31. The molecule has 0 aliphatic rings. The minimum Gasteiger partial charge on any atom is -0.461 e. The maximum Gasteiger partial charge on any atom is 0.339 e. The number of amides is 1. The molecule has 5 aromatic rings. The number of carbonyl (C=O) groups is 1. The summed E-state index contributed by atoms with van der Waals surface area (Å²) < 4.78 is 11.3. The molecule has 0 fully saturated rings. The number of aromatic amines is 1. The number of aryl methyl sites for hydroxylation is 3. The molecule has 2 N–H and O–H groups in total. The van der Waals surface area contributed by atoms with E-state index in [0.717, 1.165) is 44.1 Å². The van der Waals surface area contributed by atoms with Gasteiger partial charge in [0.25, 0.3) is 0 Å². The van der Waals surface area contributed by atoms with Crippen LogP contribution in [0.3, 0.4) is 0 Å². The highest BCUT2D eigenvalue weighted by Crippen LogP contribution is 2.31. The minimum atomic E-state index is -0.409. The second-order valence-electron chi connectivity index (χ2n) is 8.72. The molecule has 3 aromatic heterocycles. The highest BCUT2D eigenvalue weighted by atomic mass is 35.5. The molecule has 0 radical (unpaired) electrons.